The molecule has 44 heavy (non-hydrogen) atoms. The minimum atomic E-state index is -0.930. The van der Waals surface area contributed by atoms with Crippen LogP contribution in [0.15, 0.2) is 48.5 Å². The zero-order chi connectivity index (χ0) is 32.2. The number of carbonyl (C=O) groups excluding carboxylic acids is 1. The number of halogens is 1. The van der Waals surface area contributed by atoms with E-state index >= 15 is 0 Å². The van der Waals surface area contributed by atoms with Crippen molar-refractivity contribution in [1.29, 1.82) is 0 Å². The summed E-state index contributed by atoms with van der Waals surface area (Å²) in [6.45, 7) is 20.4. The van der Waals surface area contributed by atoms with Crippen LogP contribution < -0.4 is 9.64 Å². The number of pyridine rings is 1. The monoisotopic (exact) mass is 604 g/mol. The third kappa shape index (κ3) is 8.59. The van der Waals surface area contributed by atoms with Crippen LogP contribution in [0.25, 0.3) is 11.1 Å². The molecule has 3 unspecified atom stereocenters. The summed E-state index contributed by atoms with van der Waals surface area (Å²) < 4.78 is 31.6. The van der Waals surface area contributed by atoms with E-state index in [0.717, 1.165) is 64.6 Å². The van der Waals surface area contributed by atoms with Crippen LogP contribution in [-0.2, 0) is 20.7 Å². The van der Waals surface area contributed by atoms with Gasteiger partial charge in [-0.25, -0.2) is 9.18 Å². The molecular formula is C37H49FN2O4. The molecule has 3 aromatic rings. The summed E-state index contributed by atoms with van der Waals surface area (Å²) >= 11 is 0. The molecule has 0 radical (unpaired) electrons. The first kappa shape index (κ1) is 33.4. The van der Waals surface area contributed by atoms with Crippen LogP contribution in [0.2, 0.25) is 0 Å². The zero-order valence-electron chi connectivity index (χ0n) is 27.9. The fraction of sp³-hybridized carbons (Fsp3) is 0.514. The highest BCUT2D eigenvalue weighted by atomic mass is 19.1. The van der Waals surface area contributed by atoms with Crippen molar-refractivity contribution in [2.75, 3.05) is 24.6 Å². The molecule has 4 rings (SSSR count). The van der Waals surface area contributed by atoms with Gasteiger partial charge in [0.2, 0.25) is 0 Å². The van der Waals surface area contributed by atoms with Gasteiger partial charge in [-0.1, -0.05) is 38.1 Å². The number of hydrogen-bond donors (Lipinski definition) is 0. The second-order valence-electron chi connectivity index (χ2n) is 13.6. The van der Waals surface area contributed by atoms with E-state index in [4.69, 9.17) is 19.2 Å². The fourth-order valence-electron chi connectivity index (χ4n) is 6.21. The predicted molar refractivity (Wildman–Crippen MR) is 175 cm³/mol. The number of piperidine rings is 1. The van der Waals surface area contributed by atoms with Crippen molar-refractivity contribution in [2.24, 2.45) is 11.8 Å². The molecule has 3 atom stereocenters. The molecule has 2 aromatic carbocycles. The lowest BCUT2D eigenvalue weighted by atomic mass is 9.88. The molecule has 0 bridgehead atoms. The third-order valence-electron chi connectivity index (χ3n) is 7.78. The smallest absolute Gasteiger partial charge is 0.340 e. The van der Waals surface area contributed by atoms with Gasteiger partial charge in [-0.15, -0.1) is 0 Å². The topological polar surface area (TPSA) is 60.9 Å². The summed E-state index contributed by atoms with van der Waals surface area (Å²) in [4.78, 5) is 21.1. The van der Waals surface area contributed by atoms with Gasteiger partial charge in [-0.2, -0.15) is 0 Å². The molecule has 238 valence electrons. The number of carbonyl (C=O) groups is 1. The second-order valence-corrected chi connectivity index (χ2v) is 13.6. The Morgan fingerprint density at radius 2 is 1.59 bits per heavy atom. The number of hydrogen-bond acceptors (Lipinski definition) is 6. The predicted octanol–water partition coefficient (Wildman–Crippen LogP) is 8.42. The van der Waals surface area contributed by atoms with Crippen LogP contribution >= 0.6 is 0 Å². The van der Waals surface area contributed by atoms with Crippen molar-refractivity contribution in [1.82, 2.24) is 4.98 Å². The lowest BCUT2D eigenvalue weighted by molar-refractivity contribution is -0.171. The number of benzene rings is 2. The van der Waals surface area contributed by atoms with Crippen LogP contribution in [-0.4, -0.2) is 42.4 Å². The quantitative estimate of drug-likeness (QED) is 0.217. The maximum Gasteiger partial charge on any atom is 0.340 e. The lowest BCUT2D eigenvalue weighted by Crippen LogP contribution is -2.41. The van der Waals surface area contributed by atoms with Gasteiger partial charge < -0.3 is 19.1 Å². The Bertz CT molecular complexity index is 1400. The Kier molecular flexibility index (Phi) is 10.7. The van der Waals surface area contributed by atoms with Crippen molar-refractivity contribution in [3.05, 3.63) is 76.9 Å². The second kappa shape index (κ2) is 14.1. The molecule has 6 nitrogen and oxygen atoms in total. The lowest BCUT2D eigenvalue weighted by Gasteiger charge is -2.40. The van der Waals surface area contributed by atoms with Crippen LogP contribution in [0.4, 0.5) is 10.1 Å². The molecule has 2 heterocycles. The Balaban J connectivity index is 1.77. The summed E-state index contributed by atoms with van der Waals surface area (Å²) in [6, 6.07) is 14.6. The van der Waals surface area contributed by atoms with Crippen molar-refractivity contribution < 1.29 is 23.4 Å². The minimum absolute atomic E-state index is 0.241. The van der Waals surface area contributed by atoms with E-state index in [1.807, 2.05) is 60.6 Å². The summed E-state index contributed by atoms with van der Waals surface area (Å²) in [5, 5.41) is 0. The normalized spacial score (nSPS) is 17.9. The highest BCUT2D eigenvalue weighted by molar-refractivity contribution is 5.88. The van der Waals surface area contributed by atoms with Crippen LogP contribution in [0.3, 0.4) is 0 Å². The molecule has 1 aliphatic heterocycles. The molecule has 1 aromatic heterocycles. The van der Waals surface area contributed by atoms with E-state index in [1.165, 1.54) is 12.1 Å². The molecule has 1 saturated heterocycles. The van der Waals surface area contributed by atoms with E-state index < -0.39 is 17.7 Å². The highest BCUT2D eigenvalue weighted by Gasteiger charge is 2.37. The van der Waals surface area contributed by atoms with Crippen molar-refractivity contribution in [3.63, 3.8) is 0 Å². The largest absolute Gasteiger partial charge is 0.493 e. The summed E-state index contributed by atoms with van der Waals surface area (Å²) in [6.07, 6.45) is 0.635. The van der Waals surface area contributed by atoms with E-state index in [-0.39, 0.29) is 11.9 Å². The van der Waals surface area contributed by atoms with Gasteiger partial charge in [0.25, 0.3) is 0 Å². The number of aryl methyl sites for hydroxylation is 2. The molecule has 1 aliphatic rings. The van der Waals surface area contributed by atoms with Gasteiger partial charge in [0.1, 0.15) is 11.6 Å². The maximum atomic E-state index is 13.7. The maximum absolute atomic E-state index is 13.7. The minimum Gasteiger partial charge on any atom is -0.493 e. The number of esters is 1. The molecule has 0 spiro atoms. The molecule has 7 heteroatoms. The molecule has 0 saturated carbocycles. The van der Waals surface area contributed by atoms with Crippen LogP contribution in [0, 0.1) is 31.5 Å². The van der Waals surface area contributed by atoms with Crippen LogP contribution in [0.1, 0.15) is 83.5 Å². The van der Waals surface area contributed by atoms with E-state index in [0.29, 0.717) is 24.9 Å². The molecule has 1 fully saturated rings. The van der Waals surface area contributed by atoms with Crippen LogP contribution in [0.5, 0.6) is 5.75 Å². The Hall–Kier alpha value is -3.45. The number of aromatic nitrogens is 1. The van der Waals surface area contributed by atoms with Gasteiger partial charge in [0.15, 0.2) is 6.10 Å². The Morgan fingerprint density at radius 1 is 0.977 bits per heavy atom. The molecule has 0 N–H and O–H groups in total. The first-order valence-corrected chi connectivity index (χ1v) is 15.8. The van der Waals surface area contributed by atoms with E-state index in [9.17, 15) is 9.18 Å². The van der Waals surface area contributed by atoms with E-state index in [2.05, 4.69) is 30.9 Å². The average molecular weight is 605 g/mol. The summed E-state index contributed by atoms with van der Waals surface area (Å²) in [5.41, 5.74) is 5.84. The van der Waals surface area contributed by atoms with Gasteiger partial charge in [0, 0.05) is 42.0 Å². The Morgan fingerprint density at radius 3 is 2.16 bits per heavy atom. The fourth-order valence-corrected chi connectivity index (χ4v) is 6.21. The van der Waals surface area contributed by atoms with Crippen molar-refractivity contribution in [3.8, 4) is 16.9 Å². The van der Waals surface area contributed by atoms with Crippen molar-refractivity contribution in [2.45, 2.75) is 93.0 Å². The van der Waals surface area contributed by atoms with Gasteiger partial charge in [0.05, 0.1) is 24.0 Å². The van der Waals surface area contributed by atoms with Gasteiger partial charge >= 0.3 is 5.97 Å². The zero-order valence-corrected chi connectivity index (χ0v) is 27.9. The van der Waals surface area contributed by atoms with Gasteiger partial charge in [-0.3, -0.25) is 4.98 Å². The summed E-state index contributed by atoms with van der Waals surface area (Å²) in [5.74, 6) is 1.10. The Labute approximate surface area is 262 Å². The van der Waals surface area contributed by atoms with E-state index in [1.54, 1.807) is 12.1 Å². The number of rotatable bonds is 10. The highest BCUT2D eigenvalue weighted by Crippen LogP contribution is 2.44. The molecular weight excluding hydrogens is 555 g/mol. The third-order valence-corrected chi connectivity index (χ3v) is 7.78. The number of anilines is 1. The first-order chi connectivity index (χ1) is 20.7. The summed E-state index contributed by atoms with van der Waals surface area (Å²) in [7, 11) is 0. The SMILES string of the molecule is Cc1nc(C)c(C(OC(C)(C)C)C(=O)OC(C)C)c(N2CC(C)CC(C)C2)c1-c1ccc(OCCc2ccc(F)cc2)cc1. The van der Waals surface area contributed by atoms with Crippen molar-refractivity contribution >= 4 is 11.7 Å². The van der Waals surface area contributed by atoms with Gasteiger partial charge in [-0.05, 0) is 102 Å². The average Bonchev–Trinajstić information content (AvgIpc) is 2.92. The molecule has 0 aliphatic carbocycles. The number of nitrogens with zero attached hydrogens (tertiary/aromatic N) is 2. The standard InChI is InChI=1S/C37H49FN2O4/c1-23(2)43-36(41)35(44-37(7,8)9)33-27(6)39-26(5)32(34(33)40-21-24(3)20-25(4)22-40)29-12-16-31(17-13-29)42-19-18-28-10-14-30(38)15-11-28/h10-17,23-25,35H,18-22H2,1-9H3. The molecule has 0 amide bonds. The number of ether oxygens (including phenoxy) is 3. The first-order valence-electron chi connectivity index (χ1n) is 15.8.